The van der Waals surface area contributed by atoms with Gasteiger partial charge in [0, 0.05) is 24.1 Å². The second-order valence-corrected chi connectivity index (χ2v) is 6.71. The molecule has 0 aliphatic rings. The van der Waals surface area contributed by atoms with Gasteiger partial charge in [-0.05, 0) is 39.0 Å². The minimum absolute atomic E-state index is 0.0534. The summed E-state index contributed by atoms with van der Waals surface area (Å²) in [7, 11) is 1.61. The van der Waals surface area contributed by atoms with Crippen molar-refractivity contribution in [2.24, 2.45) is 0 Å². The van der Waals surface area contributed by atoms with E-state index in [4.69, 9.17) is 9.47 Å². The van der Waals surface area contributed by atoms with Crippen molar-refractivity contribution in [3.05, 3.63) is 58.7 Å². The molecule has 0 saturated carbocycles. The first-order valence-electron chi connectivity index (χ1n) is 9.15. The molecule has 0 aliphatic heterocycles. The lowest BCUT2D eigenvalue weighted by molar-refractivity contribution is -0.141. The number of nitrogens with one attached hydrogen (secondary N) is 1. The van der Waals surface area contributed by atoms with E-state index in [1.807, 2.05) is 25.3 Å². The average Bonchev–Trinajstić information content (AvgIpc) is 2.99. The van der Waals surface area contributed by atoms with Gasteiger partial charge in [0.2, 0.25) is 5.78 Å². The van der Waals surface area contributed by atoms with Crippen LogP contribution in [-0.2, 0) is 14.3 Å². The minimum atomic E-state index is -0.787. The third-order valence-electron chi connectivity index (χ3n) is 4.51. The predicted molar refractivity (Wildman–Crippen MR) is 105 cm³/mol. The Morgan fingerprint density at radius 1 is 1.17 bits per heavy atom. The number of benzene rings is 1. The van der Waals surface area contributed by atoms with Gasteiger partial charge in [0.25, 0.3) is 5.91 Å². The summed E-state index contributed by atoms with van der Waals surface area (Å²) in [5.41, 5.74) is 1.96. The fourth-order valence-electron chi connectivity index (χ4n) is 3.22. The van der Waals surface area contributed by atoms with Crippen LogP contribution >= 0.6 is 0 Å². The Balaban J connectivity index is 1.91. The van der Waals surface area contributed by atoms with Crippen LogP contribution in [0.15, 0.2) is 30.3 Å². The molecule has 0 unspecified atom stereocenters. The molecule has 1 heterocycles. The fourth-order valence-corrected chi connectivity index (χ4v) is 3.22. The highest BCUT2D eigenvalue weighted by molar-refractivity contribution is 6.00. The van der Waals surface area contributed by atoms with E-state index in [9.17, 15) is 18.8 Å². The summed E-state index contributed by atoms with van der Waals surface area (Å²) in [5.74, 6) is -2.55. The number of methoxy groups -OCH3 is 1. The number of hydrogen-bond acceptors (Lipinski definition) is 5. The molecule has 0 saturated heterocycles. The number of carbonyl (C=O) groups excluding carboxylic acids is 3. The predicted octanol–water partition coefficient (Wildman–Crippen LogP) is 2.61. The average molecular weight is 404 g/mol. The second-order valence-electron chi connectivity index (χ2n) is 6.71. The number of hydrogen-bond donors (Lipinski definition) is 1. The van der Waals surface area contributed by atoms with Crippen molar-refractivity contribution in [2.75, 3.05) is 26.9 Å². The van der Waals surface area contributed by atoms with Crippen molar-refractivity contribution >= 4 is 17.7 Å². The molecular formula is C21H25FN2O5. The monoisotopic (exact) mass is 404 g/mol. The molecule has 1 aromatic carbocycles. The largest absolute Gasteiger partial charge is 0.456 e. The maximum absolute atomic E-state index is 13.6. The number of aryl methyl sites for hydroxylation is 1. The van der Waals surface area contributed by atoms with E-state index in [-0.39, 0.29) is 17.4 Å². The van der Waals surface area contributed by atoms with Crippen LogP contribution in [-0.4, -0.2) is 49.1 Å². The number of halogens is 1. The van der Waals surface area contributed by atoms with Gasteiger partial charge in [-0.1, -0.05) is 12.1 Å². The zero-order chi connectivity index (χ0) is 21.6. The Kier molecular flexibility index (Phi) is 7.67. The molecule has 156 valence electrons. The molecule has 1 N–H and O–H groups in total. The molecule has 1 amide bonds. The van der Waals surface area contributed by atoms with Gasteiger partial charge in [0.15, 0.2) is 6.61 Å². The number of carbonyl (C=O) groups is 3. The van der Waals surface area contributed by atoms with Crippen LogP contribution in [0.25, 0.3) is 0 Å². The number of nitrogens with zero attached hydrogens (tertiary/aromatic N) is 1. The van der Waals surface area contributed by atoms with Crippen LogP contribution in [0.4, 0.5) is 4.39 Å². The second kappa shape index (κ2) is 9.97. The van der Waals surface area contributed by atoms with Crippen molar-refractivity contribution < 1.29 is 28.2 Å². The van der Waals surface area contributed by atoms with E-state index in [1.54, 1.807) is 13.2 Å². The zero-order valence-corrected chi connectivity index (χ0v) is 17.0. The molecule has 0 radical (unpaired) electrons. The van der Waals surface area contributed by atoms with Gasteiger partial charge < -0.3 is 19.4 Å². The van der Waals surface area contributed by atoms with Gasteiger partial charge in [-0.2, -0.15) is 0 Å². The third-order valence-corrected chi connectivity index (χ3v) is 4.51. The summed E-state index contributed by atoms with van der Waals surface area (Å²) < 4.78 is 25.7. The van der Waals surface area contributed by atoms with Gasteiger partial charge in [0.1, 0.15) is 12.4 Å². The minimum Gasteiger partial charge on any atom is -0.456 e. The van der Waals surface area contributed by atoms with Gasteiger partial charge >= 0.3 is 5.97 Å². The quantitative estimate of drug-likeness (QED) is 0.513. The Bertz CT molecular complexity index is 906. The van der Waals surface area contributed by atoms with Crippen molar-refractivity contribution in [1.29, 1.82) is 0 Å². The lowest BCUT2D eigenvalue weighted by Crippen LogP contribution is -2.32. The number of ether oxygens (including phenoxy) is 2. The third kappa shape index (κ3) is 5.51. The lowest BCUT2D eigenvalue weighted by Gasteiger charge is -2.17. The SMILES string of the molecule is COC[C@H](C)n1c(C)cc(C(=O)COC(=O)CNC(=O)c2ccccc2F)c1C. The molecule has 0 fully saturated rings. The molecule has 1 aromatic heterocycles. The van der Waals surface area contributed by atoms with Crippen LogP contribution in [0.5, 0.6) is 0 Å². The smallest absolute Gasteiger partial charge is 0.325 e. The van der Waals surface area contributed by atoms with Gasteiger partial charge in [-0.25, -0.2) is 4.39 Å². The molecule has 0 bridgehead atoms. The van der Waals surface area contributed by atoms with Crippen molar-refractivity contribution in [3.8, 4) is 0 Å². The fraction of sp³-hybridized carbons (Fsp3) is 0.381. The molecule has 0 aliphatic carbocycles. The lowest BCUT2D eigenvalue weighted by atomic mass is 10.1. The van der Waals surface area contributed by atoms with Crippen LogP contribution in [0.1, 0.15) is 45.1 Å². The summed E-state index contributed by atoms with van der Waals surface area (Å²) in [5, 5.41) is 2.27. The van der Waals surface area contributed by atoms with E-state index >= 15 is 0 Å². The topological polar surface area (TPSA) is 86.6 Å². The highest BCUT2D eigenvalue weighted by Gasteiger charge is 2.20. The van der Waals surface area contributed by atoms with E-state index in [0.29, 0.717) is 12.2 Å². The summed E-state index contributed by atoms with van der Waals surface area (Å²) in [6.07, 6.45) is 0. The summed E-state index contributed by atoms with van der Waals surface area (Å²) in [4.78, 5) is 36.2. The molecule has 2 aromatic rings. The summed E-state index contributed by atoms with van der Waals surface area (Å²) in [6, 6.07) is 7.23. The zero-order valence-electron chi connectivity index (χ0n) is 17.0. The van der Waals surface area contributed by atoms with E-state index in [0.717, 1.165) is 17.5 Å². The van der Waals surface area contributed by atoms with Gasteiger partial charge in [-0.15, -0.1) is 0 Å². The Morgan fingerprint density at radius 2 is 1.86 bits per heavy atom. The number of esters is 1. The van der Waals surface area contributed by atoms with Crippen LogP contribution < -0.4 is 5.32 Å². The number of Topliss-reactive ketones (excluding diaryl/α,β-unsaturated/α-hetero) is 1. The first-order valence-corrected chi connectivity index (χ1v) is 9.15. The molecule has 29 heavy (non-hydrogen) atoms. The van der Waals surface area contributed by atoms with Crippen LogP contribution in [0.3, 0.4) is 0 Å². The Hall–Kier alpha value is -3.00. The highest BCUT2D eigenvalue weighted by Crippen LogP contribution is 2.21. The molecule has 8 heteroatoms. The van der Waals surface area contributed by atoms with Crippen molar-refractivity contribution in [3.63, 3.8) is 0 Å². The molecule has 7 nitrogen and oxygen atoms in total. The van der Waals surface area contributed by atoms with Gasteiger partial charge in [0.05, 0.1) is 18.2 Å². The number of rotatable bonds is 9. The number of amides is 1. The number of aromatic nitrogens is 1. The first kappa shape index (κ1) is 22.3. The molecular weight excluding hydrogens is 379 g/mol. The van der Waals surface area contributed by atoms with E-state index in [1.165, 1.54) is 18.2 Å². The standard InChI is InChI=1S/C21H25FN2O5/c1-13-9-17(15(3)24(13)14(2)11-28-4)19(25)12-29-20(26)10-23-21(27)16-7-5-6-8-18(16)22/h5-9,14H,10-12H2,1-4H3,(H,23,27)/t14-/m0/s1. The molecule has 0 spiro atoms. The van der Waals surface area contributed by atoms with Crippen LogP contribution in [0.2, 0.25) is 0 Å². The molecule has 2 rings (SSSR count). The Labute approximate surface area is 168 Å². The molecule has 1 atom stereocenters. The van der Waals surface area contributed by atoms with Crippen molar-refractivity contribution in [1.82, 2.24) is 9.88 Å². The van der Waals surface area contributed by atoms with E-state index < -0.39 is 30.8 Å². The normalized spacial score (nSPS) is 11.8. The number of ketones is 1. The maximum Gasteiger partial charge on any atom is 0.325 e. The first-order chi connectivity index (χ1) is 13.8. The highest BCUT2D eigenvalue weighted by atomic mass is 19.1. The van der Waals surface area contributed by atoms with Crippen LogP contribution in [0, 0.1) is 19.7 Å². The summed E-state index contributed by atoms with van der Waals surface area (Å²) in [6.45, 7) is 5.28. The summed E-state index contributed by atoms with van der Waals surface area (Å²) >= 11 is 0. The van der Waals surface area contributed by atoms with Gasteiger partial charge in [-0.3, -0.25) is 14.4 Å². The van der Waals surface area contributed by atoms with Crippen molar-refractivity contribution in [2.45, 2.75) is 26.8 Å². The Morgan fingerprint density at radius 3 is 2.52 bits per heavy atom. The maximum atomic E-state index is 13.6. The van der Waals surface area contributed by atoms with E-state index in [2.05, 4.69) is 5.32 Å².